The molecule has 154 valence electrons. The number of nitrogens with zero attached hydrogens (tertiary/aromatic N) is 2. The lowest BCUT2D eigenvalue weighted by atomic mass is 10.1. The molecule has 0 radical (unpaired) electrons. The fraction of sp³-hybridized carbons (Fsp3) is 0.600. The van der Waals surface area contributed by atoms with Crippen molar-refractivity contribution in [2.75, 3.05) is 19.8 Å². The molecule has 28 heavy (non-hydrogen) atoms. The third kappa shape index (κ3) is 5.38. The van der Waals surface area contributed by atoms with Crippen molar-refractivity contribution in [2.24, 2.45) is 0 Å². The van der Waals surface area contributed by atoms with E-state index in [1.807, 2.05) is 20.8 Å². The van der Waals surface area contributed by atoms with E-state index in [9.17, 15) is 9.59 Å². The van der Waals surface area contributed by atoms with Gasteiger partial charge < -0.3 is 10.6 Å². The Balaban J connectivity index is 1.59. The van der Waals surface area contributed by atoms with Crippen LogP contribution in [0.25, 0.3) is 0 Å². The van der Waals surface area contributed by atoms with Crippen LogP contribution in [0, 0.1) is 0 Å². The second-order valence-electron chi connectivity index (χ2n) is 8.64. The molecule has 2 N–H and O–H groups in total. The minimum atomic E-state index is -0.237. The molecule has 2 aliphatic heterocycles. The summed E-state index contributed by atoms with van der Waals surface area (Å²) < 4.78 is 0. The summed E-state index contributed by atoms with van der Waals surface area (Å²) in [5.41, 5.74) is 0.260. The molecule has 0 saturated carbocycles. The molecule has 6 nitrogen and oxygen atoms in total. The van der Waals surface area contributed by atoms with Crippen molar-refractivity contribution in [3.05, 3.63) is 33.8 Å². The van der Waals surface area contributed by atoms with E-state index < -0.39 is 0 Å². The van der Waals surface area contributed by atoms with Gasteiger partial charge in [-0.1, -0.05) is 23.2 Å². The zero-order valence-electron chi connectivity index (χ0n) is 16.6. The van der Waals surface area contributed by atoms with Gasteiger partial charge in [-0.2, -0.15) is 0 Å². The maximum atomic E-state index is 12.6. The monoisotopic (exact) mass is 426 g/mol. The highest BCUT2D eigenvalue weighted by atomic mass is 35.5. The van der Waals surface area contributed by atoms with Crippen molar-refractivity contribution in [1.82, 2.24) is 20.4 Å². The molecule has 2 aliphatic rings. The summed E-state index contributed by atoms with van der Waals surface area (Å²) in [6.45, 7) is 7.87. The molecular formula is C20H28Cl2N4O2. The Hall–Kier alpha value is -1.34. The summed E-state index contributed by atoms with van der Waals surface area (Å²) in [6, 6.07) is 5.34. The number of hydrogen-bond donors (Lipinski definition) is 2. The van der Waals surface area contributed by atoms with Crippen LogP contribution in [0.4, 0.5) is 0 Å². The molecule has 2 saturated heterocycles. The van der Waals surface area contributed by atoms with Crippen LogP contribution in [0.15, 0.2) is 18.2 Å². The van der Waals surface area contributed by atoms with Crippen LogP contribution in [-0.2, 0) is 4.79 Å². The fourth-order valence-corrected chi connectivity index (χ4v) is 4.21. The predicted octanol–water partition coefficient (Wildman–Crippen LogP) is 3.09. The van der Waals surface area contributed by atoms with E-state index in [0.717, 1.165) is 25.8 Å². The van der Waals surface area contributed by atoms with Crippen LogP contribution in [0.3, 0.4) is 0 Å². The topological polar surface area (TPSA) is 64.7 Å². The molecule has 0 bridgehead atoms. The van der Waals surface area contributed by atoms with Gasteiger partial charge in [0.2, 0.25) is 5.91 Å². The number of nitrogens with one attached hydrogen (secondary N) is 2. The van der Waals surface area contributed by atoms with E-state index in [0.29, 0.717) is 34.9 Å². The largest absolute Gasteiger partial charge is 0.350 e. The predicted molar refractivity (Wildman–Crippen MR) is 112 cm³/mol. The minimum absolute atomic E-state index is 0.0292. The van der Waals surface area contributed by atoms with E-state index >= 15 is 0 Å². The number of fused-ring (bicyclic) bond motifs is 1. The Morgan fingerprint density at radius 1 is 1.14 bits per heavy atom. The highest BCUT2D eigenvalue weighted by Gasteiger charge is 2.38. The summed E-state index contributed by atoms with van der Waals surface area (Å²) in [6.07, 6.45) is 2.91. The SMILES string of the molecule is CC(C)(C)NC(=O)CN1CC[C@@H]2CC[C@@H](NC(=O)c3ccc(Cl)c(Cl)c3)N2C1. The Labute approximate surface area is 176 Å². The minimum Gasteiger partial charge on any atom is -0.350 e. The molecule has 0 aromatic heterocycles. The quantitative estimate of drug-likeness (QED) is 0.775. The molecule has 0 aliphatic carbocycles. The number of rotatable bonds is 4. The normalized spacial score (nSPS) is 23.3. The molecule has 0 spiro atoms. The summed E-state index contributed by atoms with van der Waals surface area (Å²) in [5, 5.41) is 6.92. The lowest BCUT2D eigenvalue weighted by Crippen LogP contribution is -2.57. The Morgan fingerprint density at radius 2 is 1.89 bits per heavy atom. The zero-order chi connectivity index (χ0) is 20.5. The smallest absolute Gasteiger partial charge is 0.252 e. The summed E-state index contributed by atoms with van der Waals surface area (Å²) in [5.74, 6) is -0.131. The van der Waals surface area contributed by atoms with E-state index in [1.54, 1.807) is 18.2 Å². The van der Waals surface area contributed by atoms with E-state index in [2.05, 4.69) is 20.4 Å². The Kier molecular flexibility index (Phi) is 6.54. The molecular weight excluding hydrogens is 399 g/mol. The van der Waals surface area contributed by atoms with Crippen LogP contribution in [0.1, 0.15) is 50.4 Å². The third-order valence-corrected chi connectivity index (χ3v) is 5.88. The summed E-state index contributed by atoms with van der Waals surface area (Å²) in [4.78, 5) is 29.3. The molecule has 8 heteroatoms. The number of benzene rings is 1. The van der Waals surface area contributed by atoms with Crippen molar-refractivity contribution in [1.29, 1.82) is 0 Å². The van der Waals surface area contributed by atoms with Crippen LogP contribution in [0.2, 0.25) is 10.0 Å². The van der Waals surface area contributed by atoms with E-state index in [1.165, 1.54) is 0 Å². The van der Waals surface area contributed by atoms with Gasteiger partial charge in [0, 0.05) is 23.7 Å². The maximum Gasteiger partial charge on any atom is 0.252 e. The number of halogens is 2. The summed E-state index contributed by atoms with van der Waals surface area (Å²) in [7, 11) is 0. The van der Waals surface area contributed by atoms with Gasteiger partial charge in [-0.15, -0.1) is 0 Å². The van der Waals surface area contributed by atoms with Crippen molar-refractivity contribution >= 4 is 35.0 Å². The lowest BCUT2D eigenvalue weighted by molar-refractivity contribution is -0.125. The first-order valence-electron chi connectivity index (χ1n) is 9.67. The van der Waals surface area contributed by atoms with Crippen molar-refractivity contribution in [3.8, 4) is 0 Å². The van der Waals surface area contributed by atoms with Gasteiger partial charge in [-0.05, 0) is 58.2 Å². The van der Waals surface area contributed by atoms with Gasteiger partial charge in [0.05, 0.1) is 29.4 Å². The van der Waals surface area contributed by atoms with E-state index in [4.69, 9.17) is 23.2 Å². The van der Waals surface area contributed by atoms with Gasteiger partial charge in [0.15, 0.2) is 0 Å². The molecule has 2 amide bonds. The van der Waals surface area contributed by atoms with Crippen molar-refractivity contribution < 1.29 is 9.59 Å². The van der Waals surface area contributed by atoms with Crippen molar-refractivity contribution in [2.45, 2.75) is 57.8 Å². The first kappa shape index (κ1) is 21.4. The number of carbonyl (C=O) groups is 2. The van der Waals surface area contributed by atoms with Gasteiger partial charge in [-0.3, -0.25) is 19.4 Å². The first-order chi connectivity index (χ1) is 13.1. The molecule has 1 aromatic rings. The number of carbonyl (C=O) groups excluding carboxylic acids is 2. The fourth-order valence-electron chi connectivity index (χ4n) is 3.91. The van der Waals surface area contributed by atoms with Crippen LogP contribution >= 0.6 is 23.2 Å². The van der Waals surface area contributed by atoms with Crippen LogP contribution in [-0.4, -0.2) is 59.1 Å². The molecule has 3 rings (SSSR count). The van der Waals surface area contributed by atoms with E-state index in [-0.39, 0.29) is 23.5 Å². The molecule has 2 heterocycles. The average Bonchev–Trinajstić information content (AvgIpc) is 2.98. The van der Waals surface area contributed by atoms with Gasteiger partial charge in [0.1, 0.15) is 0 Å². The molecule has 2 atom stereocenters. The highest BCUT2D eigenvalue weighted by Crippen LogP contribution is 2.29. The van der Waals surface area contributed by atoms with Gasteiger partial charge in [-0.25, -0.2) is 0 Å². The Bertz CT molecular complexity index is 750. The third-order valence-electron chi connectivity index (χ3n) is 5.15. The number of hydrogen-bond acceptors (Lipinski definition) is 4. The highest BCUT2D eigenvalue weighted by molar-refractivity contribution is 6.42. The maximum absolute atomic E-state index is 12.6. The number of amides is 2. The standard InChI is InChI=1S/C20H28Cl2N4O2/c1-20(2,3)24-18(27)11-25-9-8-14-5-7-17(26(14)12-25)23-19(28)13-4-6-15(21)16(22)10-13/h4,6,10,14,17H,5,7-9,11-12H2,1-3H3,(H,23,28)(H,24,27)/t14-,17-/m0/s1. The molecule has 1 aromatic carbocycles. The zero-order valence-corrected chi connectivity index (χ0v) is 18.1. The molecule has 2 fully saturated rings. The lowest BCUT2D eigenvalue weighted by Gasteiger charge is -2.40. The molecule has 0 unspecified atom stereocenters. The van der Waals surface area contributed by atoms with Gasteiger partial charge >= 0.3 is 0 Å². The summed E-state index contributed by atoms with van der Waals surface area (Å²) >= 11 is 12.0. The van der Waals surface area contributed by atoms with Crippen molar-refractivity contribution in [3.63, 3.8) is 0 Å². The second kappa shape index (κ2) is 8.57. The van der Waals surface area contributed by atoms with Crippen LogP contribution < -0.4 is 10.6 Å². The Morgan fingerprint density at radius 3 is 2.57 bits per heavy atom. The average molecular weight is 427 g/mol. The first-order valence-corrected chi connectivity index (χ1v) is 10.4. The second-order valence-corrected chi connectivity index (χ2v) is 9.46. The van der Waals surface area contributed by atoms with Gasteiger partial charge in [0.25, 0.3) is 5.91 Å². The van der Waals surface area contributed by atoms with Crippen LogP contribution in [0.5, 0.6) is 0 Å².